The number of ether oxygens (including phenoxy) is 1. The molecule has 0 bridgehead atoms. The Morgan fingerprint density at radius 3 is 2.84 bits per heavy atom. The van der Waals surface area contributed by atoms with Gasteiger partial charge in [0.05, 0.1) is 17.0 Å². The molecule has 0 fully saturated rings. The molecular weight excluding hydrogens is 380 g/mol. The van der Waals surface area contributed by atoms with Crippen LogP contribution in [0.2, 0.25) is 0 Å². The minimum absolute atomic E-state index is 0.0338. The molecule has 0 saturated heterocycles. The monoisotopic (exact) mass is 396 g/mol. The van der Waals surface area contributed by atoms with Crippen molar-refractivity contribution in [2.45, 2.75) is 19.9 Å². The van der Waals surface area contributed by atoms with Crippen molar-refractivity contribution in [1.29, 1.82) is 5.26 Å². The number of Topliss-reactive ketones (excluding diaryl/α,β-unsaturated/α-hetero) is 1. The molecule has 0 aliphatic heterocycles. The van der Waals surface area contributed by atoms with Crippen LogP contribution in [0.1, 0.15) is 22.3 Å². The van der Waals surface area contributed by atoms with Crippen molar-refractivity contribution in [2.24, 2.45) is 0 Å². The lowest BCUT2D eigenvalue weighted by molar-refractivity contribution is 0.0922. The topological polar surface area (TPSA) is 55.0 Å². The third-order valence-corrected chi connectivity index (χ3v) is 4.62. The number of halogens is 1. The number of aromatic nitrogens is 1. The number of fused-ring (bicyclic) bond motifs is 1. The summed E-state index contributed by atoms with van der Waals surface area (Å²) in [6.45, 7) is 2.53. The van der Waals surface area contributed by atoms with Gasteiger partial charge in [-0.25, -0.2) is 0 Å². The van der Waals surface area contributed by atoms with Crippen LogP contribution < -0.4 is 4.74 Å². The zero-order valence-corrected chi connectivity index (χ0v) is 15.4. The fourth-order valence-corrected chi connectivity index (χ4v) is 3.38. The van der Waals surface area contributed by atoms with Gasteiger partial charge >= 0.3 is 0 Å². The molecule has 0 atom stereocenters. The summed E-state index contributed by atoms with van der Waals surface area (Å²) in [6, 6.07) is 15.6. The highest BCUT2D eigenvalue weighted by molar-refractivity contribution is 9.10. The zero-order valence-electron chi connectivity index (χ0n) is 13.8. The SMILES string of the molecule is Cc1ccc(OCC(=O)c2cn(CCC#N)c3ccccc23)c(Br)c1. The van der Waals surface area contributed by atoms with Crippen LogP contribution in [0.5, 0.6) is 5.75 Å². The van der Waals surface area contributed by atoms with Crippen LogP contribution >= 0.6 is 15.9 Å². The smallest absolute Gasteiger partial charge is 0.202 e. The molecule has 0 radical (unpaired) electrons. The molecule has 3 aromatic rings. The van der Waals surface area contributed by atoms with Gasteiger partial charge in [-0.1, -0.05) is 24.3 Å². The molecule has 0 amide bonds. The van der Waals surface area contributed by atoms with Gasteiger partial charge in [-0.05, 0) is 46.6 Å². The second-order valence-corrected chi connectivity index (χ2v) is 6.66. The quantitative estimate of drug-likeness (QED) is 0.557. The molecule has 2 aromatic carbocycles. The summed E-state index contributed by atoms with van der Waals surface area (Å²) in [4.78, 5) is 12.7. The minimum Gasteiger partial charge on any atom is -0.484 e. The van der Waals surface area contributed by atoms with E-state index in [9.17, 15) is 4.79 Å². The van der Waals surface area contributed by atoms with Crippen molar-refractivity contribution < 1.29 is 9.53 Å². The largest absolute Gasteiger partial charge is 0.484 e. The van der Waals surface area contributed by atoms with Crippen molar-refractivity contribution in [2.75, 3.05) is 6.61 Å². The van der Waals surface area contributed by atoms with E-state index in [-0.39, 0.29) is 12.4 Å². The molecule has 1 aromatic heterocycles. The fourth-order valence-electron chi connectivity index (χ4n) is 2.77. The van der Waals surface area contributed by atoms with Gasteiger partial charge in [-0.15, -0.1) is 0 Å². The zero-order chi connectivity index (χ0) is 17.8. The Labute approximate surface area is 154 Å². The fraction of sp³-hybridized carbons (Fsp3) is 0.200. The van der Waals surface area contributed by atoms with Crippen LogP contribution in [0, 0.1) is 18.3 Å². The first-order valence-electron chi connectivity index (χ1n) is 7.97. The van der Waals surface area contributed by atoms with E-state index in [0.29, 0.717) is 24.3 Å². The average molecular weight is 397 g/mol. The molecule has 1 heterocycles. The summed E-state index contributed by atoms with van der Waals surface area (Å²) in [6.07, 6.45) is 2.22. The Kier molecular flexibility index (Phi) is 5.20. The van der Waals surface area contributed by atoms with Crippen molar-refractivity contribution >= 4 is 32.6 Å². The van der Waals surface area contributed by atoms with Gasteiger partial charge in [-0.2, -0.15) is 5.26 Å². The lowest BCUT2D eigenvalue weighted by atomic mass is 10.1. The minimum atomic E-state index is -0.0839. The number of benzene rings is 2. The Bertz CT molecular complexity index is 969. The van der Waals surface area contributed by atoms with E-state index in [4.69, 9.17) is 10.00 Å². The number of ketones is 1. The van der Waals surface area contributed by atoms with Gasteiger partial charge in [0.15, 0.2) is 6.61 Å². The highest BCUT2D eigenvalue weighted by atomic mass is 79.9. The molecular formula is C20H17BrN2O2. The normalized spacial score (nSPS) is 10.6. The van der Waals surface area contributed by atoms with Crippen LogP contribution in [0.3, 0.4) is 0 Å². The highest BCUT2D eigenvalue weighted by Gasteiger charge is 2.16. The Hall–Kier alpha value is -2.58. The highest BCUT2D eigenvalue weighted by Crippen LogP contribution is 2.27. The average Bonchev–Trinajstić information content (AvgIpc) is 2.98. The van der Waals surface area contributed by atoms with Gasteiger partial charge in [0.1, 0.15) is 5.75 Å². The number of rotatable bonds is 6. The van der Waals surface area contributed by atoms with E-state index >= 15 is 0 Å². The Morgan fingerprint density at radius 2 is 2.08 bits per heavy atom. The predicted molar refractivity (Wildman–Crippen MR) is 101 cm³/mol. The van der Waals surface area contributed by atoms with Crippen molar-refractivity contribution in [3.05, 3.63) is 64.3 Å². The van der Waals surface area contributed by atoms with E-state index in [0.717, 1.165) is 20.9 Å². The van der Waals surface area contributed by atoms with Crippen LogP contribution in [-0.4, -0.2) is 17.0 Å². The number of hydrogen-bond donors (Lipinski definition) is 0. The van der Waals surface area contributed by atoms with Gasteiger partial charge in [0.2, 0.25) is 5.78 Å². The molecule has 25 heavy (non-hydrogen) atoms. The lowest BCUT2D eigenvalue weighted by Gasteiger charge is -2.08. The summed E-state index contributed by atoms with van der Waals surface area (Å²) in [5.74, 6) is 0.562. The van der Waals surface area contributed by atoms with E-state index in [2.05, 4.69) is 22.0 Å². The van der Waals surface area contributed by atoms with Gasteiger partial charge < -0.3 is 9.30 Å². The van der Waals surface area contributed by atoms with E-state index < -0.39 is 0 Å². The summed E-state index contributed by atoms with van der Waals surface area (Å²) < 4.78 is 8.47. The molecule has 0 saturated carbocycles. The molecule has 0 aliphatic carbocycles. The summed E-state index contributed by atoms with van der Waals surface area (Å²) in [5, 5.41) is 9.70. The number of para-hydroxylation sites is 1. The molecule has 0 N–H and O–H groups in total. The van der Waals surface area contributed by atoms with Gasteiger partial charge in [0, 0.05) is 29.2 Å². The van der Waals surface area contributed by atoms with Crippen LogP contribution in [0.15, 0.2) is 53.1 Å². The van der Waals surface area contributed by atoms with Crippen LogP contribution in [-0.2, 0) is 6.54 Å². The van der Waals surface area contributed by atoms with E-state index in [1.807, 2.05) is 60.2 Å². The lowest BCUT2D eigenvalue weighted by Crippen LogP contribution is -2.11. The number of hydrogen-bond acceptors (Lipinski definition) is 3. The molecule has 4 nitrogen and oxygen atoms in total. The van der Waals surface area contributed by atoms with E-state index in [1.165, 1.54) is 0 Å². The van der Waals surface area contributed by atoms with Gasteiger partial charge in [0.25, 0.3) is 0 Å². The first-order chi connectivity index (χ1) is 12.1. The first-order valence-corrected chi connectivity index (χ1v) is 8.76. The maximum Gasteiger partial charge on any atom is 0.202 e. The molecule has 0 aliphatic rings. The molecule has 5 heteroatoms. The standard InChI is InChI=1S/C20H17BrN2O2/c1-14-7-8-20(17(21)11-14)25-13-19(24)16-12-23(10-4-9-22)18-6-3-2-5-15(16)18/h2-3,5-8,11-12H,4,10,13H2,1H3. The van der Waals surface area contributed by atoms with E-state index in [1.54, 1.807) is 0 Å². The summed E-state index contributed by atoms with van der Waals surface area (Å²) in [5.41, 5.74) is 2.69. The first kappa shape index (κ1) is 17.2. The van der Waals surface area contributed by atoms with Crippen molar-refractivity contribution in [1.82, 2.24) is 4.57 Å². The number of nitrogens with zero attached hydrogens (tertiary/aromatic N) is 2. The summed E-state index contributed by atoms with van der Waals surface area (Å²) in [7, 11) is 0. The van der Waals surface area contributed by atoms with Gasteiger partial charge in [-0.3, -0.25) is 4.79 Å². The third kappa shape index (κ3) is 3.75. The Balaban J connectivity index is 1.83. The molecule has 0 unspecified atom stereocenters. The number of aryl methyl sites for hydroxylation is 2. The molecule has 126 valence electrons. The number of carbonyl (C=O) groups excluding carboxylic acids is 1. The number of nitriles is 1. The molecule has 0 spiro atoms. The van der Waals surface area contributed by atoms with Crippen LogP contribution in [0.4, 0.5) is 0 Å². The second-order valence-electron chi connectivity index (χ2n) is 5.81. The Morgan fingerprint density at radius 1 is 1.28 bits per heavy atom. The van der Waals surface area contributed by atoms with Crippen molar-refractivity contribution in [3.63, 3.8) is 0 Å². The molecule has 3 rings (SSSR count). The maximum atomic E-state index is 12.7. The second kappa shape index (κ2) is 7.54. The predicted octanol–water partition coefficient (Wildman–Crippen LogP) is 4.89. The van der Waals surface area contributed by atoms with Crippen LogP contribution in [0.25, 0.3) is 10.9 Å². The third-order valence-electron chi connectivity index (χ3n) is 4.00. The summed E-state index contributed by atoms with van der Waals surface area (Å²) >= 11 is 3.45. The number of carbonyl (C=O) groups is 1. The van der Waals surface area contributed by atoms with Crippen molar-refractivity contribution in [3.8, 4) is 11.8 Å². The maximum absolute atomic E-state index is 12.7.